The molecule has 0 spiro atoms. The highest BCUT2D eigenvalue weighted by Crippen LogP contribution is 2.11. The number of ether oxygens (including phenoxy) is 1. The van der Waals surface area contributed by atoms with Gasteiger partial charge in [-0.25, -0.2) is 4.79 Å². The molecule has 0 unspecified atom stereocenters. The normalized spacial score (nSPS) is 16.5. The third-order valence-electron chi connectivity index (χ3n) is 3.09. The Morgan fingerprint density at radius 2 is 2.00 bits per heavy atom. The molecule has 1 aromatic carbocycles. The van der Waals surface area contributed by atoms with E-state index in [2.05, 4.69) is 11.0 Å². The first kappa shape index (κ1) is 13.4. The number of hydrogen-bond donors (Lipinski definition) is 0. The highest BCUT2D eigenvalue weighted by Gasteiger charge is 2.20. The van der Waals surface area contributed by atoms with Crippen LogP contribution in [0.15, 0.2) is 30.3 Å². The van der Waals surface area contributed by atoms with Crippen molar-refractivity contribution in [3.05, 3.63) is 30.3 Å². The van der Waals surface area contributed by atoms with Crippen LogP contribution in [0.25, 0.3) is 0 Å². The Hall–Kier alpha value is -2.06. The Kier molecular flexibility index (Phi) is 4.76. The van der Waals surface area contributed by atoms with Gasteiger partial charge >= 0.3 is 6.09 Å². The second-order valence-electron chi connectivity index (χ2n) is 4.46. The average molecular weight is 259 g/mol. The predicted molar refractivity (Wildman–Crippen MR) is 70.7 cm³/mol. The SMILES string of the molecule is N#CCN1CCCN(C(=O)Oc2ccccc2)CC1. The molecule has 19 heavy (non-hydrogen) atoms. The lowest BCUT2D eigenvalue weighted by Gasteiger charge is -2.20. The van der Waals surface area contributed by atoms with Gasteiger partial charge in [0, 0.05) is 26.2 Å². The maximum Gasteiger partial charge on any atom is 0.415 e. The van der Waals surface area contributed by atoms with Crippen molar-refractivity contribution >= 4 is 6.09 Å². The highest BCUT2D eigenvalue weighted by atomic mass is 16.6. The largest absolute Gasteiger partial charge is 0.415 e. The average Bonchev–Trinajstić information content (AvgIpc) is 2.66. The van der Waals surface area contributed by atoms with Gasteiger partial charge in [0.1, 0.15) is 5.75 Å². The first-order valence-electron chi connectivity index (χ1n) is 6.40. The third-order valence-corrected chi connectivity index (χ3v) is 3.09. The van der Waals surface area contributed by atoms with Crippen molar-refractivity contribution in [2.24, 2.45) is 0 Å². The topological polar surface area (TPSA) is 56.6 Å². The van der Waals surface area contributed by atoms with Crippen molar-refractivity contribution in [1.29, 1.82) is 5.26 Å². The molecule has 1 fully saturated rings. The molecule has 1 aliphatic heterocycles. The fourth-order valence-electron chi connectivity index (χ4n) is 2.07. The van der Waals surface area contributed by atoms with E-state index in [-0.39, 0.29) is 6.09 Å². The van der Waals surface area contributed by atoms with Gasteiger partial charge in [0.05, 0.1) is 12.6 Å². The first-order valence-corrected chi connectivity index (χ1v) is 6.40. The molecule has 0 radical (unpaired) electrons. The number of rotatable bonds is 2. The Balaban J connectivity index is 1.88. The fraction of sp³-hybridized carbons (Fsp3) is 0.429. The van der Waals surface area contributed by atoms with E-state index >= 15 is 0 Å². The lowest BCUT2D eigenvalue weighted by molar-refractivity contribution is 0.153. The van der Waals surface area contributed by atoms with Crippen LogP contribution in [0.4, 0.5) is 4.79 Å². The van der Waals surface area contributed by atoms with Crippen LogP contribution >= 0.6 is 0 Å². The van der Waals surface area contributed by atoms with Gasteiger partial charge in [0.2, 0.25) is 0 Å². The molecular formula is C14H17N3O2. The summed E-state index contributed by atoms with van der Waals surface area (Å²) in [6, 6.07) is 11.2. The lowest BCUT2D eigenvalue weighted by Crippen LogP contribution is -2.37. The van der Waals surface area contributed by atoms with Gasteiger partial charge in [-0.1, -0.05) is 18.2 Å². The van der Waals surface area contributed by atoms with Crippen molar-refractivity contribution in [3.63, 3.8) is 0 Å². The number of hydrogen-bond acceptors (Lipinski definition) is 4. The van der Waals surface area contributed by atoms with Crippen molar-refractivity contribution in [1.82, 2.24) is 9.80 Å². The molecule has 2 rings (SSSR count). The van der Waals surface area contributed by atoms with E-state index in [1.54, 1.807) is 17.0 Å². The zero-order valence-electron chi connectivity index (χ0n) is 10.8. The molecule has 100 valence electrons. The monoisotopic (exact) mass is 259 g/mol. The van der Waals surface area contributed by atoms with Crippen LogP contribution in [0, 0.1) is 11.3 Å². The van der Waals surface area contributed by atoms with E-state index in [1.807, 2.05) is 18.2 Å². The Bertz CT molecular complexity index is 456. The van der Waals surface area contributed by atoms with E-state index in [4.69, 9.17) is 10.00 Å². The summed E-state index contributed by atoms with van der Waals surface area (Å²) < 4.78 is 5.31. The van der Waals surface area contributed by atoms with Crippen LogP contribution in [0.2, 0.25) is 0 Å². The predicted octanol–water partition coefficient (Wildman–Crippen LogP) is 1.72. The van der Waals surface area contributed by atoms with Crippen LogP contribution < -0.4 is 4.74 Å². The summed E-state index contributed by atoms with van der Waals surface area (Å²) in [6.07, 6.45) is 0.552. The molecule has 0 bridgehead atoms. The van der Waals surface area contributed by atoms with Gasteiger partial charge in [0.25, 0.3) is 0 Å². The second-order valence-corrected chi connectivity index (χ2v) is 4.46. The quantitative estimate of drug-likeness (QED) is 0.759. The molecule has 5 nitrogen and oxygen atoms in total. The Labute approximate surface area is 113 Å². The van der Waals surface area contributed by atoms with Crippen molar-refractivity contribution in [3.8, 4) is 11.8 Å². The molecule has 1 heterocycles. The van der Waals surface area contributed by atoms with E-state index < -0.39 is 0 Å². The molecule has 0 saturated carbocycles. The van der Waals surface area contributed by atoms with Crippen LogP contribution in [0.5, 0.6) is 5.75 Å². The summed E-state index contributed by atoms with van der Waals surface area (Å²) in [5.41, 5.74) is 0. The summed E-state index contributed by atoms with van der Waals surface area (Å²) in [4.78, 5) is 15.8. The fourth-order valence-corrected chi connectivity index (χ4v) is 2.07. The summed E-state index contributed by atoms with van der Waals surface area (Å²) in [7, 11) is 0. The van der Waals surface area contributed by atoms with Gasteiger partial charge in [-0.05, 0) is 18.6 Å². The maximum atomic E-state index is 12.0. The number of para-hydroxylation sites is 1. The number of amides is 1. The lowest BCUT2D eigenvalue weighted by atomic mass is 10.3. The molecule has 5 heteroatoms. The number of benzene rings is 1. The number of nitriles is 1. The van der Waals surface area contributed by atoms with Gasteiger partial charge in [-0.15, -0.1) is 0 Å². The Morgan fingerprint density at radius 1 is 1.21 bits per heavy atom. The van der Waals surface area contributed by atoms with Crippen LogP contribution in [-0.4, -0.2) is 48.6 Å². The molecule has 1 saturated heterocycles. The molecular weight excluding hydrogens is 242 g/mol. The third kappa shape index (κ3) is 3.97. The smallest absolute Gasteiger partial charge is 0.410 e. The van der Waals surface area contributed by atoms with E-state index in [0.29, 0.717) is 25.4 Å². The summed E-state index contributed by atoms with van der Waals surface area (Å²) in [5.74, 6) is 0.561. The Morgan fingerprint density at radius 3 is 2.74 bits per heavy atom. The first-order chi connectivity index (χ1) is 9.29. The van der Waals surface area contributed by atoms with Gasteiger partial charge in [-0.2, -0.15) is 5.26 Å². The van der Waals surface area contributed by atoms with E-state index in [0.717, 1.165) is 19.5 Å². The summed E-state index contributed by atoms with van der Waals surface area (Å²) >= 11 is 0. The van der Waals surface area contributed by atoms with Gasteiger partial charge in [-0.3, -0.25) is 4.90 Å². The molecule has 0 aliphatic carbocycles. The minimum absolute atomic E-state index is 0.315. The molecule has 1 amide bonds. The molecule has 1 aromatic rings. The van der Waals surface area contributed by atoms with Crippen molar-refractivity contribution in [2.75, 3.05) is 32.7 Å². The second kappa shape index (κ2) is 6.76. The summed E-state index contributed by atoms with van der Waals surface area (Å²) in [6.45, 7) is 3.27. The zero-order chi connectivity index (χ0) is 13.5. The van der Waals surface area contributed by atoms with E-state index in [1.165, 1.54) is 0 Å². The minimum Gasteiger partial charge on any atom is -0.410 e. The molecule has 0 aromatic heterocycles. The van der Waals surface area contributed by atoms with Crippen LogP contribution in [0.3, 0.4) is 0 Å². The van der Waals surface area contributed by atoms with Crippen LogP contribution in [-0.2, 0) is 0 Å². The standard InChI is InChI=1S/C14H17N3O2/c15-7-10-16-8-4-9-17(12-11-16)14(18)19-13-5-2-1-3-6-13/h1-3,5-6H,4,8-12H2. The van der Waals surface area contributed by atoms with Gasteiger partial charge < -0.3 is 9.64 Å². The van der Waals surface area contributed by atoms with Crippen molar-refractivity contribution in [2.45, 2.75) is 6.42 Å². The number of carbonyl (C=O) groups excluding carboxylic acids is 1. The molecule has 1 aliphatic rings. The van der Waals surface area contributed by atoms with Crippen molar-refractivity contribution < 1.29 is 9.53 Å². The van der Waals surface area contributed by atoms with Gasteiger partial charge in [0.15, 0.2) is 0 Å². The number of nitrogens with zero attached hydrogens (tertiary/aromatic N) is 3. The zero-order valence-corrected chi connectivity index (χ0v) is 10.8. The van der Waals surface area contributed by atoms with Crippen LogP contribution in [0.1, 0.15) is 6.42 Å². The molecule has 0 N–H and O–H groups in total. The summed E-state index contributed by atoms with van der Waals surface area (Å²) in [5, 5.41) is 8.68. The van der Waals surface area contributed by atoms with E-state index in [9.17, 15) is 4.79 Å². The highest BCUT2D eigenvalue weighted by molar-refractivity contribution is 5.70. The molecule has 0 atom stereocenters. The minimum atomic E-state index is -0.315. The maximum absolute atomic E-state index is 12.0. The number of carbonyl (C=O) groups is 1.